The van der Waals surface area contributed by atoms with E-state index in [0.717, 1.165) is 37.1 Å². The van der Waals surface area contributed by atoms with Crippen molar-refractivity contribution in [2.24, 2.45) is 0 Å². The second-order valence-electron chi connectivity index (χ2n) is 9.67. The van der Waals surface area contributed by atoms with E-state index in [1.165, 1.54) is 6.07 Å². The van der Waals surface area contributed by atoms with Crippen molar-refractivity contribution in [3.63, 3.8) is 0 Å². The van der Waals surface area contributed by atoms with Gasteiger partial charge in [-0.15, -0.1) is 0 Å². The molecule has 186 valence electrons. The van der Waals surface area contributed by atoms with Gasteiger partial charge in [-0.25, -0.2) is 0 Å². The van der Waals surface area contributed by atoms with Crippen molar-refractivity contribution >= 4 is 28.6 Å². The normalized spacial score (nSPS) is 17.6. The first-order valence-corrected chi connectivity index (χ1v) is 12.4. The first kappa shape index (κ1) is 22.5. The molecule has 3 aliphatic heterocycles. The number of aromatic amines is 1. The summed E-state index contributed by atoms with van der Waals surface area (Å²) < 4.78 is 0. The minimum absolute atomic E-state index is 0.00216. The summed E-state index contributed by atoms with van der Waals surface area (Å²) in [6, 6.07) is 8.61. The molecule has 0 saturated carbocycles. The zero-order chi connectivity index (χ0) is 24.8. The van der Waals surface area contributed by atoms with Crippen LogP contribution in [0, 0.1) is 0 Å². The summed E-state index contributed by atoms with van der Waals surface area (Å²) in [5.74, 6) is -0.663. The average Bonchev–Trinajstić information content (AvgIpc) is 3.66. The number of aromatic nitrogens is 2. The Morgan fingerprint density at radius 2 is 1.53 bits per heavy atom. The van der Waals surface area contributed by atoms with Gasteiger partial charge in [0.2, 0.25) is 0 Å². The summed E-state index contributed by atoms with van der Waals surface area (Å²) in [5.41, 5.74) is 3.43. The van der Waals surface area contributed by atoms with Gasteiger partial charge < -0.3 is 25.1 Å². The van der Waals surface area contributed by atoms with Gasteiger partial charge in [0, 0.05) is 69.4 Å². The molecule has 2 saturated heterocycles. The molecule has 0 spiro atoms. The Bertz CT molecular complexity index is 1370. The van der Waals surface area contributed by atoms with Gasteiger partial charge in [-0.2, -0.15) is 5.10 Å². The monoisotopic (exact) mass is 488 g/mol. The molecular weight excluding hydrogens is 460 g/mol. The Hall–Kier alpha value is -3.92. The minimum Gasteiger partial charge on any atom is -0.507 e. The first-order valence-electron chi connectivity index (χ1n) is 12.4. The molecule has 2 fully saturated rings. The van der Waals surface area contributed by atoms with Crippen LogP contribution in [0.25, 0.3) is 10.9 Å². The van der Waals surface area contributed by atoms with Gasteiger partial charge in [-0.1, -0.05) is 6.07 Å². The van der Waals surface area contributed by atoms with Crippen LogP contribution in [0.3, 0.4) is 0 Å². The van der Waals surface area contributed by atoms with Crippen LogP contribution in [0.4, 0.5) is 0 Å². The Kier molecular flexibility index (Phi) is 5.60. The SMILES string of the molecule is O=C(c1ccc2c(c1)CN(C(=O)c1cc3c(C(=O)N4CCCC4)n[nH]c3cc1O)C2)N1CCNCC1. The standard InChI is InChI=1S/C26H28N6O4/c33-22-13-21-19(23(29-28-21)26(36)30-7-1-2-8-30)12-20(22)25(35)32-14-17-4-3-16(11-18(17)15-32)24(34)31-9-5-27-6-10-31/h3-4,11-13,27,33H,1-2,5-10,14-15H2,(H,28,29). The number of rotatable bonds is 3. The highest BCUT2D eigenvalue weighted by molar-refractivity contribution is 6.08. The lowest BCUT2D eigenvalue weighted by Gasteiger charge is -2.27. The molecule has 3 aromatic rings. The Morgan fingerprint density at radius 3 is 2.31 bits per heavy atom. The number of phenolic OH excluding ortho intramolecular Hbond substituents is 1. The quantitative estimate of drug-likeness (QED) is 0.516. The van der Waals surface area contributed by atoms with E-state index in [0.29, 0.717) is 55.7 Å². The molecule has 0 unspecified atom stereocenters. The molecule has 0 bridgehead atoms. The van der Waals surface area contributed by atoms with Crippen molar-refractivity contribution in [1.82, 2.24) is 30.2 Å². The maximum absolute atomic E-state index is 13.5. The Morgan fingerprint density at radius 1 is 0.806 bits per heavy atom. The third-order valence-electron chi connectivity index (χ3n) is 7.37. The van der Waals surface area contributed by atoms with Crippen molar-refractivity contribution in [2.45, 2.75) is 25.9 Å². The summed E-state index contributed by atoms with van der Waals surface area (Å²) >= 11 is 0. The molecule has 1 aromatic heterocycles. The molecule has 3 amide bonds. The number of likely N-dealkylation sites (tertiary alicyclic amines) is 1. The van der Waals surface area contributed by atoms with Crippen LogP contribution in [-0.2, 0) is 13.1 Å². The molecule has 0 atom stereocenters. The predicted molar refractivity (Wildman–Crippen MR) is 132 cm³/mol. The van der Waals surface area contributed by atoms with Crippen molar-refractivity contribution < 1.29 is 19.5 Å². The van der Waals surface area contributed by atoms with E-state index >= 15 is 0 Å². The van der Waals surface area contributed by atoms with Crippen LogP contribution in [0.15, 0.2) is 30.3 Å². The largest absolute Gasteiger partial charge is 0.507 e. The molecule has 0 aliphatic carbocycles. The maximum atomic E-state index is 13.5. The molecule has 2 aromatic carbocycles. The highest BCUT2D eigenvalue weighted by Gasteiger charge is 2.30. The van der Waals surface area contributed by atoms with E-state index in [2.05, 4.69) is 15.5 Å². The zero-order valence-corrected chi connectivity index (χ0v) is 19.9. The van der Waals surface area contributed by atoms with Gasteiger partial charge in [0.1, 0.15) is 5.75 Å². The minimum atomic E-state index is -0.332. The van der Waals surface area contributed by atoms with E-state index in [-0.39, 0.29) is 34.7 Å². The summed E-state index contributed by atoms with van der Waals surface area (Å²) in [5, 5.41) is 21.4. The van der Waals surface area contributed by atoms with Gasteiger partial charge in [0.15, 0.2) is 5.69 Å². The smallest absolute Gasteiger partial charge is 0.274 e. The van der Waals surface area contributed by atoms with E-state index in [9.17, 15) is 19.5 Å². The second-order valence-corrected chi connectivity index (χ2v) is 9.67. The van der Waals surface area contributed by atoms with E-state index in [4.69, 9.17) is 0 Å². The summed E-state index contributed by atoms with van der Waals surface area (Å²) in [4.78, 5) is 44.6. The number of nitrogens with one attached hydrogen (secondary N) is 2. The van der Waals surface area contributed by atoms with Gasteiger partial charge in [0.05, 0.1) is 11.1 Å². The number of carbonyl (C=O) groups is 3. The lowest BCUT2D eigenvalue weighted by molar-refractivity contribution is 0.0733. The number of H-pyrrole nitrogens is 1. The van der Waals surface area contributed by atoms with Crippen LogP contribution in [0.5, 0.6) is 5.75 Å². The van der Waals surface area contributed by atoms with Crippen LogP contribution in [0.2, 0.25) is 0 Å². The fourth-order valence-corrected chi connectivity index (χ4v) is 5.35. The highest BCUT2D eigenvalue weighted by Crippen LogP contribution is 2.31. The second kappa shape index (κ2) is 8.94. The molecule has 10 nitrogen and oxygen atoms in total. The van der Waals surface area contributed by atoms with Gasteiger partial charge >= 0.3 is 0 Å². The van der Waals surface area contributed by atoms with Crippen molar-refractivity contribution in [3.05, 3.63) is 58.3 Å². The summed E-state index contributed by atoms with van der Waals surface area (Å²) in [6.45, 7) is 5.06. The zero-order valence-electron chi connectivity index (χ0n) is 19.9. The third kappa shape index (κ3) is 3.87. The Balaban J connectivity index is 1.24. The number of amides is 3. The molecule has 36 heavy (non-hydrogen) atoms. The number of piperazine rings is 1. The number of carbonyl (C=O) groups excluding carboxylic acids is 3. The lowest BCUT2D eigenvalue weighted by atomic mass is 10.1. The van der Waals surface area contributed by atoms with Crippen LogP contribution < -0.4 is 5.32 Å². The number of benzene rings is 2. The molecule has 4 heterocycles. The van der Waals surface area contributed by atoms with Crippen molar-refractivity contribution in [2.75, 3.05) is 39.3 Å². The first-order chi connectivity index (χ1) is 17.5. The van der Waals surface area contributed by atoms with E-state index in [1.807, 2.05) is 23.1 Å². The average molecular weight is 489 g/mol. The fourth-order valence-electron chi connectivity index (χ4n) is 5.35. The van der Waals surface area contributed by atoms with Gasteiger partial charge in [-0.05, 0) is 42.2 Å². The Labute approximate surface area is 207 Å². The fraction of sp³-hybridized carbons (Fsp3) is 0.385. The maximum Gasteiger partial charge on any atom is 0.274 e. The van der Waals surface area contributed by atoms with Crippen molar-refractivity contribution in [3.8, 4) is 5.75 Å². The number of hydrogen-bond acceptors (Lipinski definition) is 6. The highest BCUT2D eigenvalue weighted by atomic mass is 16.3. The molecule has 3 N–H and O–H groups in total. The van der Waals surface area contributed by atoms with Gasteiger partial charge in [0.25, 0.3) is 17.7 Å². The third-order valence-corrected chi connectivity index (χ3v) is 7.37. The summed E-state index contributed by atoms with van der Waals surface area (Å²) in [6.07, 6.45) is 1.94. The molecule has 3 aliphatic rings. The number of hydrogen-bond donors (Lipinski definition) is 3. The molecule has 10 heteroatoms. The number of nitrogens with zero attached hydrogens (tertiary/aromatic N) is 4. The van der Waals surface area contributed by atoms with Crippen LogP contribution in [0.1, 0.15) is 55.2 Å². The number of aromatic hydroxyl groups is 1. The molecular formula is C26H28N6O4. The number of fused-ring (bicyclic) bond motifs is 2. The molecule has 6 rings (SSSR count). The predicted octanol–water partition coefficient (Wildman–Crippen LogP) is 1.71. The van der Waals surface area contributed by atoms with Crippen molar-refractivity contribution in [1.29, 1.82) is 0 Å². The van der Waals surface area contributed by atoms with Crippen LogP contribution in [-0.4, -0.2) is 87.0 Å². The van der Waals surface area contributed by atoms with Gasteiger partial charge in [-0.3, -0.25) is 19.5 Å². The lowest BCUT2D eigenvalue weighted by Crippen LogP contribution is -2.46. The topological polar surface area (TPSA) is 122 Å². The van der Waals surface area contributed by atoms with E-state index < -0.39 is 0 Å². The number of phenols is 1. The molecule has 0 radical (unpaired) electrons. The summed E-state index contributed by atoms with van der Waals surface area (Å²) in [7, 11) is 0. The van der Waals surface area contributed by atoms with E-state index in [1.54, 1.807) is 15.9 Å². The van der Waals surface area contributed by atoms with Crippen LogP contribution >= 0.6 is 0 Å².